The van der Waals surface area contributed by atoms with Crippen LogP contribution in [0.2, 0.25) is 0 Å². The third-order valence-corrected chi connectivity index (χ3v) is 2.75. The highest BCUT2D eigenvalue weighted by molar-refractivity contribution is 5.80. The maximum absolute atomic E-state index is 11.3. The molecule has 0 radical (unpaired) electrons. The van der Waals surface area contributed by atoms with Crippen molar-refractivity contribution in [3.05, 3.63) is 0 Å². The lowest BCUT2D eigenvalue weighted by atomic mass is 9.81. The Morgan fingerprint density at radius 3 is 2.31 bits per heavy atom. The summed E-state index contributed by atoms with van der Waals surface area (Å²) < 4.78 is 9.85. The number of carbonyl (C=O) groups excluding carboxylic acids is 1. The van der Waals surface area contributed by atoms with Gasteiger partial charge in [-0.05, 0) is 25.7 Å². The molecule has 4 heteroatoms. The van der Waals surface area contributed by atoms with Crippen molar-refractivity contribution in [2.24, 2.45) is 5.73 Å². The maximum Gasteiger partial charge on any atom is 0.325 e. The normalized spacial score (nSPS) is 34.2. The number of ether oxygens (including phenoxy) is 2. The fraction of sp³-hybridized carbons (Fsp3) is 0.889. The van der Waals surface area contributed by atoms with Crippen molar-refractivity contribution >= 4 is 5.97 Å². The Kier molecular flexibility index (Phi) is 3.27. The average Bonchev–Trinajstić information content (AvgIpc) is 2.18. The van der Waals surface area contributed by atoms with Gasteiger partial charge >= 0.3 is 5.97 Å². The van der Waals surface area contributed by atoms with Crippen LogP contribution in [0.15, 0.2) is 0 Å². The van der Waals surface area contributed by atoms with E-state index in [0.29, 0.717) is 12.8 Å². The number of nitrogens with two attached hydrogens (primary N) is 1. The SMILES string of the molecule is COC(=O)[C@]1(N)CC[C@@H](OC)CC1. The van der Waals surface area contributed by atoms with Crippen LogP contribution in [0.25, 0.3) is 0 Å². The summed E-state index contributed by atoms with van der Waals surface area (Å²) in [5, 5.41) is 0. The molecule has 13 heavy (non-hydrogen) atoms. The van der Waals surface area contributed by atoms with Crippen molar-refractivity contribution < 1.29 is 14.3 Å². The monoisotopic (exact) mass is 187 g/mol. The Bertz CT molecular complexity index is 185. The molecule has 0 atom stereocenters. The first-order valence-corrected chi connectivity index (χ1v) is 4.52. The summed E-state index contributed by atoms with van der Waals surface area (Å²) in [4.78, 5) is 11.3. The molecule has 0 aromatic rings. The van der Waals surface area contributed by atoms with E-state index in [9.17, 15) is 4.79 Å². The van der Waals surface area contributed by atoms with Crippen LogP contribution in [-0.2, 0) is 14.3 Å². The third kappa shape index (κ3) is 2.19. The van der Waals surface area contributed by atoms with E-state index in [4.69, 9.17) is 10.5 Å². The second-order valence-electron chi connectivity index (χ2n) is 3.58. The molecular weight excluding hydrogens is 170 g/mol. The van der Waals surface area contributed by atoms with E-state index in [2.05, 4.69) is 4.74 Å². The van der Waals surface area contributed by atoms with Crippen molar-refractivity contribution in [3.8, 4) is 0 Å². The minimum Gasteiger partial charge on any atom is -0.468 e. The molecule has 0 aromatic heterocycles. The van der Waals surface area contributed by atoms with Crippen molar-refractivity contribution in [2.75, 3.05) is 14.2 Å². The summed E-state index contributed by atoms with van der Waals surface area (Å²) in [7, 11) is 3.06. The molecule has 0 bridgehead atoms. The van der Waals surface area contributed by atoms with Crippen LogP contribution in [0.1, 0.15) is 25.7 Å². The van der Waals surface area contributed by atoms with Gasteiger partial charge in [0.1, 0.15) is 5.54 Å². The molecule has 1 rings (SSSR count). The van der Waals surface area contributed by atoms with Crippen molar-refractivity contribution in [2.45, 2.75) is 37.3 Å². The van der Waals surface area contributed by atoms with Gasteiger partial charge in [0.05, 0.1) is 13.2 Å². The van der Waals surface area contributed by atoms with Gasteiger partial charge in [-0.1, -0.05) is 0 Å². The average molecular weight is 187 g/mol. The lowest BCUT2D eigenvalue weighted by molar-refractivity contribution is -0.149. The van der Waals surface area contributed by atoms with Gasteiger partial charge in [-0.25, -0.2) is 0 Å². The zero-order chi connectivity index (χ0) is 9.90. The van der Waals surface area contributed by atoms with Gasteiger partial charge in [0.15, 0.2) is 0 Å². The molecule has 0 spiro atoms. The van der Waals surface area contributed by atoms with Crippen LogP contribution < -0.4 is 5.73 Å². The highest BCUT2D eigenvalue weighted by atomic mass is 16.5. The van der Waals surface area contributed by atoms with Crippen LogP contribution >= 0.6 is 0 Å². The molecule has 1 aliphatic carbocycles. The van der Waals surface area contributed by atoms with Gasteiger partial charge in [-0.3, -0.25) is 4.79 Å². The first kappa shape index (κ1) is 10.5. The van der Waals surface area contributed by atoms with E-state index in [1.54, 1.807) is 7.11 Å². The van der Waals surface area contributed by atoms with Crippen LogP contribution in [0.3, 0.4) is 0 Å². The molecule has 1 fully saturated rings. The van der Waals surface area contributed by atoms with Crippen molar-refractivity contribution in [1.82, 2.24) is 0 Å². The van der Waals surface area contributed by atoms with Crippen molar-refractivity contribution in [1.29, 1.82) is 0 Å². The van der Waals surface area contributed by atoms with Crippen LogP contribution in [0.5, 0.6) is 0 Å². The molecule has 1 saturated carbocycles. The Balaban J connectivity index is 2.51. The second-order valence-corrected chi connectivity index (χ2v) is 3.58. The van der Waals surface area contributed by atoms with E-state index in [-0.39, 0.29) is 12.1 Å². The lowest BCUT2D eigenvalue weighted by Gasteiger charge is -2.33. The largest absolute Gasteiger partial charge is 0.468 e. The fourth-order valence-electron chi connectivity index (χ4n) is 1.75. The first-order chi connectivity index (χ1) is 6.12. The molecule has 1 aliphatic rings. The molecule has 0 saturated heterocycles. The number of hydrogen-bond donors (Lipinski definition) is 1. The third-order valence-electron chi connectivity index (χ3n) is 2.75. The Labute approximate surface area is 78.4 Å². The number of esters is 1. The fourth-order valence-corrected chi connectivity index (χ4v) is 1.75. The standard InChI is InChI=1S/C9H17NO3/c1-12-7-3-5-9(10,6-4-7)8(11)13-2/h7H,3-6,10H2,1-2H3/t7-,9+. The molecule has 2 N–H and O–H groups in total. The van der Waals surface area contributed by atoms with Crippen LogP contribution in [0, 0.1) is 0 Å². The summed E-state index contributed by atoms with van der Waals surface area (Å²) in [5.74, 6) is -0.304. The minimum atomic E-state index is -0.774. The topological polar surface area (TPSA) is 61.5 Å². The van der Waals surface area contributed by atoms with Crippen LogP contribution in [0.4, 0.5) is 0 Å². The quantitative estimate of drug-likeness (QED) is 0.637. The van der Waals surface area contributed by atoms with Gasteiger partial charge in [0.25, 0.3) is 0 Å². The van der Waals surface area contributed by atoms with Gasteiger partial charge in [-0.2, -0.15) is 0 Å². The highest BCUT2D eigenvalue weighted by Gasteiger charge is 2.39. The maximum atomic E-state index is 11.3. The molecule has 0 aliphatic heterocycles. The predicted octanol–water partition coefficient (Wildman–Crippen LogP) is 0.446. The molecule has 4 nitrogen and oxygen atoms in total. The highest BCUT2D eigenvalue weighted by Crippen LogP contribution is 2.28. The van der Waals surface area contributed by atoms with E-state index >= 15 is 0 Å². The molecule has 0 aromatic carbocycles. The number of carbonyl (C=O) groups is 1. The van der Waals surface area contributed by atoms with Gasteiger partial charge in [0, 0.05) is 7.11 Å². The Morgan fingerprint density at radius 2 is 1.92 bits per heavy atom. The summed E-state index contributed by atoms with van der Waals surface area (Å²) in [6.45, 7) is 0. The van der Waals surface area contributed by atoms with E-state index in [0.717, 1.165) is 12.8 Å². The van der Waals surface area contributed by atoms with Gasteiger partial charge in [-0.15, -0.1) is 0 Å². The zero-order valence-electron chi connectivity index (χ0n) is 8.21. The lowest BCUT2D eigenvalue weighted by Crippen LogP contribution is -2.52. The summed E-state index contributed by atoms with van der Waals surface area (Å²) >= 11 is 0. The minimum absolute atomic E-state index is 0.251. The Morgan fingerprint density at radius 1 is 1.38 bits per heavy atom. The van der Waals surface area contributed by atoms with E-state index < -0.39 is 5.54 Å². The number of rotatable bonds is 2. The first-order valence-electron chi connectivity index (χ1n) is 4.52. The van der Waals surface area contributed by atoms with Gasteiger partial charge in [0.2, 0.25) is 0 Å². The smallest absolute Gasteiger partial charge is 0.325 e. The van der Waals surface area contributed by atoms with Crippen LogP contribution in [-0.4, -0.2) is 31.8 Å². The Hall–Kier alpha value is -0.610. The van der Waals surface area contributed by atoms with Gasteiger partial charge < -0.3 is 15.2 Å². The molecule has 76 valence electrons. The molecule has 0 heterocycles. The summed E-state index contributed by atoms with van der Waals surface area (Å²) in [5.41, 5.74) is 5.13. The molecule has 0 unspecified atom stereocenters. The summed E-state index contributed by atoms with van der Waals surface area (Å²) in [6, 6.07) is 0. The van der Waals surface area contributed by atoms with E-state index in [1.807, 2.05) is 0 Å². The zero-order valence-corrected chi connectivity index (χ0v) is 8.21. The number of methoxy groups -OCH3 is 2. The predicted molar refractivity (Wildman–Crippen MR) is 48.2 cm³/mol. The van der Waals surface area contributed by atoms with E-state index in [1.165, 1.54) is 7.11 Å². The molecule has 0 amide bonds. The second kappa shape index (κ2) is 4.07. The summed E-state index contributed by atoms with van der Waals surface area (Å²) in [6.07, 6.45) is 3.22. The van der Waals surface area contributed by atoms with Crippen molar-refractivity contribution in [3.63, 3.8) is 0 Å². The number of hydrogen-bond acceptors (Lipinski definition) is 4. The molecular formula is C9H17NO3.